The van der Waals surface area contributed by atoms with E-state index in [9.17, 15) is 19.0 Å². The highest BCUT2D eigenvalue weighted by atomic mass is 31.2. The van der Waals surface area contributed by atoms with Crippen molar-refractivity contribution in [1.82, 2.24) is 0 Å². The van der Waals surface area contributed by atoms with E-state index in [1.54, 1.807) is 0 Å². The number of quaternary nitrogens is 1. The van der Waals surface area contributed by atoms with Crippen molar-refractivity contribution in [3.05, 3.63) is 60.8 Å². The monoisotopic (exact) mass is 1210 g/mol. The molecule has 0 radical (unpaired) electrons. The lowest BCUT2D eigenvalue weighted by atomic mass is 10.0. The van der Waals surface area contributed by atoms with Crippen LogP contribution in [0.15, 0.2) is 60.8 Å². The summed E-state index contributed by atoms with van der Waals surface area (Å²) in [7, 11) is 1.17. The molecular weight excluding hydrogens is 1070 g/mol. The number of allylic oxidation sites excluding steroid dienone is 10. The van der Waals surface area contributed by atoms with E-state index in [0.29, 0.717) is 17.4 Å². The molecule has 2 atom stereocenters. The molecule has 0 bridgehead atoms. The van der Waals surface area contributed by atoms with Crippen LogP contribution >= 0.6 is 7.82 Å². The summed E-state index contributed by atoms with van der Waals surface area (Å²) in [5.41, 5.74) is 0. The molecule has 0 spiro atoms. The average Bonchev–Trinajstić information content (AvgIpc) is 3.50. The zero-order valence-electron chi connectivity index (χ0n) is 56.8. The predicted octanol–water partition coefficient (Wildman–Crippen LogP) is 23.1. The Bertz CT molecular complexity index is 1620. The molecule has 498 valence electrons. The number of likely N-dealkylation sites (N-methyl/N-ethyl adjacent to an activating group) is 1. The Balaban J connectivity index is 3.93. The molecule has 0 saturated carbocycles. The van der Waals surface area contributed by atoms with Crippen molar-refractivity contribution in [2.75, 3.05) is 47.5 Å². The van der Waals surface area contributed by atoms with E-state index >= 15 is 0 Å². The van der Waals surface area contributed by atoms with Gasteiger partial charge in [-0.1, -0.05) is 344 Å². The Morgan fingerprint density at radius 3 is 1.00 bits per heavy atom. The van der Waals surface area contributed by atoms with Gasteiger partial charge in [0.05, 0.1) is 27.7 Å². The minimum atomic E-state index is -4.65. The van der Waals surface area contributed by atoms with Gasteiger partial charge in [0.25, 0.3) is 7.82 Å². The fraction of sp³-hybridized carbons (Fsp3) is 0.840. The fourth-order valence-electron chi connectivity index (χ4n) is 10.7. The van der Waals surface area contributed by atoms with Gasteiger partial charge in [-0.05, 0) is 57.8 Å². The van der Waals surface area contributed by atoms with Gasteiger partial charge in [-0.15, -0.1) is 0 Å². The van der Waals surface area contributed by atoms with Crippen molar-refractivity contribution in [1.29, 1.82) is 0 Å². The first-order chi connectivity index (χ1) is 41.5. The minimum Gasteiger partial charge on any atom is -0.756 e. The minimum absolute atomic E-state index is 0.0339. The van der Waals surface area contributed by atoms with Gasteiger partial charge in [0, 0.05) is 12.8 Å². The van der Waals surface area contributed by atoms with Gasteiger partial charge in [0.1, 0.15) is 19.8 Å². The van der Waals surface area contributed by atoms with E-state index in [0.717, 1.165) is 77.0 Å². The summed E-state index contributed by atoms with van der Waals surface area (Å²) in [6.45, 7) is 4.16. The molecule has 85 heavy (non-hydrogen) atoms. The zero-order valence-corrected chi connectivity index (χ0v) is 57.7. The van der Waals surface area contributed by atoms with Crippen LogP contribution in [0.25, 0.3) is 0 Å². The number of esters is 2. The number of hydrogen-bond donors (Lipinski definition) is 0. The highest BCUT2D eigenvalue weighted by Crippen LogP contribution is 2.38. The maximum Gasteiger partial charge on any atom is 0.306 e. The standard InChI is InChI=1S/C75H140NO8P/c1-6-8-10-12-14-16-18-20-22-24-26-28-30-31-32-33-34-35-36-37-38-39-40-41-42-43-44-46-47-49-51-53-55-57-59-61-63-65-67-74(77)81-71-73(72-83-85(79,80)82-70-69-76(3,4)5)84-75(78)68-66-64-62-60-58-56-54-52-50-48-45-29-27-25-23-21-19-17-15-13-11-9-7-2/h9,11,15,17,21,23,27,29,48,50,73H,6-8,10,12-14,16,18-20,22,24-26,28,30-47,49,51-72H2,1-5H3/b11-9-,17-15-,23-21-,29-27-,50-48-. The van der Waals surface area contributed by atoms with Crippen molar-refractivity contribution in [2.45, 2.75) is 360 Å². The average molecular weight is 1210 g/mol. The lowest BCUT2D eigenvalue weighted by Crippen LogP contribution is -2.37. The maximum absolute atomic E-state index is 12.8. The molecule has 0 aliphatic heterocycles. The number of rotatable bonds is 68. The first-order valence-electron chi connectivity index (χ1n) is 36.5. The number of unbranched alkanes of at least 4 members (excludes halogenated alkanes) is 44. The van der Waals surface area contributed by atoms with Gasteiger partial charge in [-0.2, -0.15) is 0 Å². The van der Waals surface area contributed by atoms with Crippen molar-refractivity contribution in [3.63, 3.8) is 0 Å². The molecule has 10 heteroatoms. The van der Waals surface area contributed by atoms with Gasteiger partial charge >= 0.3 is 11.9 Å². The molecule has 0 aliphatic carbocycles. The van der Waals surface area contributed by atoms with Gasteiger partial charge in [0.2, 0.25) is 0 Å². The Kier molecular flexibility index (Phi) is 64.4. The first kappa shape index (κ1) is 82.7. The van der Waals surface area contributed by atoms with Gasteiger partial charge in [-0.25, -0.2) is 0 Å². The number of phosphoric ester groups is 1. The summed E-state index contributed by atoms with van der Waals surface area (Å²) in [6.07, 6.45) is 87.6. The fourth-order valence-corrected chi connectivity index (χ4v) is 11.5. The number of carbonyl (C=O) groups is 2. The third-order valence-corrected chi connectivity index (χ3v) is 17.3. The molecule has 0 rings (SSSR count). The van der Waals surface area contributed by atoms with Crippen LogP contribution < -0.4 is 4.89 Å². The molecule has 0 amide bonds. The Morgan fingerprint density at radius 1 is 0.376 bits per heavy atom. The van der Waals surface area contributed by atoms with Crippen LogP contribution in [0.3, 0.4) is 0 Å². The van der Waals surface area contributed by atoms with Crippen molar-refractivity contribution in [2.24, 2.45) is 0 Å². The molecule has 0 fully saturated rings. The van der Waals surface area contributed by atoms with Crippen LogP contribution in [0.1, 0.15) is 354 Å². The van der Waals surface area contributed by atoms with E-state index in [2.05, 4.69) is 74.6 Å². The molecule has 0 N–H and O–H groups in total. The smallest absolute Gasteiger partial charge is 0.306 e. The molecule has 0 saturated heterocycles. The second-order valence-corrected chi connectivity index (χ2v) is 27.3. The number of phosphoric acid groups is 1. The molecule has 0 aromatic heterocycles. The van der Waals surface area contributed by atoms with Crippen LogP contribution in [-0.4, -0.2) is 70.0 Å². The Hall–Kier alpha value is -2.29. The van der Waals surface area contributed by atoms with Gasteiger partial charge in [0.15, 0.2) is 6.10 Å². The van der Waals surface area contributed by atoms with Crippen molar-refractivity contribution >= 4 is 19.8 Å². The zero-order chi connectivity index (χ0) is 61.9. The predicted molar refractivity (Wildman–Crippen MR) is 365 cm³/mol. The number of hydrogen-bond acceptors (Lipinski definition) is 8. The van der Waals surface area contributed by atoms with Crippen molar-refractivity contribution in [3.8, 4) is 0 Å². The normalized spacial score (nSPS) is 13.4. The molecule has 0 heterocycles. The van der Waals surface area contributed by atoms with E-state index in [-0.39, 0.29) is 32.0 Å². The molecule has 0 aromatic carbocycles. The number of carbonyl (C=O) groups excluding carboxylic acids is 2. The van der Waals surface area contributed by atoms with Crippen molar-refractivity contribution < 1.29 is 42.1 Å². The van der Waals surface area contributed by atoms with Crippen LogP contribution in [0, 0.1) is 0 Å². The van der Waals surface area contributed by atoms with E-state index in [1.807, 2.05) is 21.1 Å². The van der Waals surface area contributed by atoms with Crippen LogP contribution in [0.5, 0.6) is 0 Å². The Labute approximate surface area is 527 Å². The summed E-state index contributed by atoms with van der Waals surface area (Å²) in [6, 6.07) is 0. The van der Waals surface area contributed by atoms with Gasteiger partial charge < -0.3 is 27.9 Å². The van der Waals surface area contributed by atoms with Crippen LogP contribution in [0.4, 0.5) is 0 Å². The van der Waals surface area contributed by atoms with E-state index in [1.165, 1.54) is 244 Å². The van der Waals surface area contributed by atoms with Gasteiger partial charge in [-0.3, -0.25) is 14.2 Å². The summed E-state index contributed by atoms with van der Waals surface area (Å²) in [5, 5.41) is 0. The number of ether oxygens (including phenoxy) is 2. The number of nitrogens with zero attached hydrogens (tertiary/aromatic N) is 1. The second-order valence-electron chi connectivity index (χ2n) is 25.9. The first-order valence-corrected chi connectivity index (χ1v) is 38.0. The molecule has 0 aliphatic rings. The topological polar surface area (TPSA) is 111 Å². The summed E-state index contributed by atoms with van der Waals surface area (Å²) >= 11 is 0. The van der Waals surface area contributed by atoms with E-state index < -0.39 is 26.5 Å². The summed E-state index contributed by atoms with van der Waals surface area (Å²) in [4.78, 5) is 38.0. The summed E-state index contributed by atoms with van der Waals surface area (Å²) < 4.78 is 34.3. The molecule has 9 nitrogen and oxygen atoms in total. The molecule has 0 aromatic rings. The highest BCUT2D eigenvalue weighted by Gasteiger charge is 2.22. The summed E-state index contributed by atoms with van der Waals surface area (Å²) in [5.74, 6) is -0.833. The van der Waals surface area contributed by atoms with E-state index in [4.69, 9.17) is 18.5 Å². The third-order valence-electron chi connectivity index (χ3n) is 16.3. The second kappa shape index (κ2) is 66.1. The molecule has 2 unspecified atom stereocenters. The maximum atomic E-state index is 12.8. The Morgan fingerprint density at radius 2 is 0.671 bits per heavy atom. The largest absolute Gasteiger partial charge is 0.756 e. The lowest BCUT2D eigenvalue weighted by Gasteiger charge is -2.28. The molecular formula is C75H140NO8P. The van der Waals surface area contributed by atoms with Crippen LogP contribution in [-0.2, 0) is 32.7 Å². The third kappa shape index (κ3) is 70.7. The quantitative estimate of drug-likeness (QED) is 0.0195. The highest BCUT2D eigenvalue weighted by molar-refractivity contribution is 7.45. The van der Waals surface area contributed by atoms with Crippen LogP contribution in [0.2, 0.25) is 0 Å². The SMILES string of the molecule is CC/C=C\C/C=C\C/C=C\C/C=C\C/C=C\CCCCCCCCCC(=O)OC(COC(=O)CCCCCCCCCCCCCCCCCCCCCCCCCCCCCCCCCCCCCCCC)COP(=O)([O-])OCC[N+](C)(C)C. The lowest BCUT2D eigenvalue weighted by molar-refractivity contribution is -0.870.